The molecule has 0 aromatic carbocycles. The summed E-state index contributed by atoms with van der Waals surface area (Å²) in [5, 5.41) is 14.4. The molecule has 3 amide bonds. The van der Waals surface area contributed by atoms with Gasteiger partial charge in [-0.1, -0.05) is 0 Å². The van der Waals surface area contributed by atoms with E-state index in [9.17, 15) is 23.1 Å². The second-order valence-electron chi connectivity index (χ2n) is 4.29. The van der Waals surface area contributed by atoms with Crippen LogP contribution >= 0.6 is 0 Å². The third kappa shape index (κ3) is 3.81. The fourth-order valence-corrected chi connectivity index (χ4v) is 2.67. The van der Waals surface area contributed by atoms with Gasteiger partial charge in [0.15, 0.2) is 0 Å². The molecule has 0 aliphatic carbocycles. The van der Waals surface area contributed by atoms with Crippen LogP contribution in [-0.2, 0) is 15.1 Å². The van der Waals surface area contributed by atoms with Gasteiger partial charge in [-0.3, -0.25) is 9.35 Å². The molecule has 12 heteroatoms. The van der Waals surface area contributed by atoms with Crippen LogP contribution in [0.5, 0.6) is 0 Å². The van der Waals surface area contributed by atoms with E-state index < -0.39 is 28.5 Å². The maximum absolute atomic E-state index is 11.6. The number of amides is 3. The molecule has 2 rings (SSSR count). The normalized spacial score (nSPS) is 26.5. The number of hydrogen-bond donors (Lipinski definition) is 4. The standard InChI is InChI=1S/C8H14N4O6S.Na.H/c13-6(4-11-2-1-9-8(11)15)10-5-3-12(7(5)14)19(16,17)18;;/h5,7,14H,1-4H2,(H,9,15)(H,10,13)(H,16,17,18);;/q;+1;-1. The third-order valence-corrected chi connectivity index (χ3v) is 3.91. The van der Waals surface area contributed by atoms with Gasteiger partial charge in [-0.15, -0.1) is 4.31 Å². The number of carbonyl (C=O) groups is 2. The van der Waals surface area contributed by atoms with E-state index >= 15 is 0 Å². The number of nitrogens with one attached hydrogen (secondary N) is 2. The van der Waals surface area contributed by atoms with Gasteiger partial charge in [-0.2, -0.15) is 8.42 Å². The predicted octanol–water partition coefficient (Wildman–Crippen LogP) is -5.95. The smallest absolute Gasteiger partial charge is 1.00 e. The van der Waals surface area contributed by atoms with E-state index in [0.29, 0.717) is 17.4 Å². The molecule has 4 N–H and O–H groups in total. The van der Waals surface area contributed by atoms with Crippen LogP contribution in [0.2, 0.25) is 0 Å². The molecule has 0 aromatic rings. The molecule has 0 radical (unpaired) electrons. The largest absolute Gasteiger partial charge is 1.00 e. The van der Waals surface area contributed by atoms with Gasteiger partial charge in [0, 0.05) is 19.6 Å². The van der Waals surface area contributed by atoms with Crippen LogP contribution in [-0.4, -0.2) is 77.7 Å². The molecule has 2 saturated heterocycles. The molecule has 2 aliphatic heterocycles. The Balaban J connectivity index is 0.00000200. The first-order valence-corrected chi connectivity index (χ1v) is 6.93. The summed E-state index contributed by atoms with van der Waals surface area (Å²) >= 11 is 0. The maximum Gasteiger partial charge on any atom is 1.00 e. The molecular weight excluding hydrogens is 303 g/mol. The Hall–Kier alpha value is -0.430. The van der Waals surface area contributed by atoms with E-state index in [1.54, 1.807) is 0 Å². The Morgan fingerprint density at radius 2 is 2.20 bits per heavy atom. The molecule has 2 heterocycles. The average Bonchev–Trinajstić information content (AvgIpc) is 2.67. The SMILES string of the molecule is O=C(CN1CCNC1=O)NC1CN(S(=O)(=O)O)C1O.[H-].[Na+]. The first-order chi connectivity index (χ1) is 8.79. The monoisotopic (exact) mass is 318 g/mol. The summed E-state index contributed by atoms with van der Waals surface area (Å²) in [6.07, 6.45) is -1.49. The van der Waals surface area contributed by atoms with Crippen LogP contribution in [0, 0.1) is 0 Å². The zero-order valence-corrected chi connectivity index (χ0v) is 13.6. The van der Waals surface area contributed by atoms with E-state index in [4.69, 9.17) is 4.55 Å². The number of urea groups is 1. The van der Waals surface area contributed by atoms with Crippen molar-refractivity contribution in [3.05, 3.63) is 0 Å². The van der Waals surface area contributed by atoms with Crippen molar-refractivity contribution in [1.82, 2.24) is 19.8 Å². The van der Waals surface area contributed by atoms with Crippen LogP contribution in [0.3, 0.4) is 0 Å². The van der Waals surface area contributed by atoms with Crippen molar-refractivity contribution in [2.75, 3.05) is 26.2 Å². The van der Waals surface area contributed by atoms with Crippen molar-refractivity contribution >= 4 is 22.2 Å². The van der Waals surface area contributed by atoms with Crippen LogP contribution in [0.15, 0.2) is 0 Å². The Labute approximate surface area is 139 Å². The van der Waals surface area contributed by atoms with Gasteiger partial charge in [0.2, 0.25) is 5.91 Å². The summed E-state index contributed by atoms with van der Waals surface area (Å²) in [5.41, 5.74) is 0. The number of rotatable bonds is 4. The quantitative estimate of drug-likeness (QED) is 0.301. The van der Waals surface area contributed by atoms with E-state index in [2.05, 4.69) is 10.6 Å². The van der Waals surface area contributed by atoms with Gasteiger partial charge in [-0.25, -0.2) is 4.79 Å². The van der Waals surface area contributed by atoms with Crippen LogP contribution in [0.1, 0.15) is 1.43 Å². The van der Waals surface area contributed by atoms with Gasteiger partial charge in [0.05, 0.1) is 6.04 Å². The molecule has 0 aromatic heterocycles. The summed E-state index contributed by atoms with van der Waals surface area (Å²) in [5.74, 6) is -0.504. The molecule has 2 atom stereocenters. The summed E-state index contributed by atoms with van der Waals surface area (Å²) in [7, 11) is -4.46. The first kappa shape index (κ1) is 17.6. The molecule has 0 spiro atoms. The minimum Gasteiger partial charge on any atom is -1.00 e. The Bertz CT molecular complexity index is 505. The topological polar surface area (TPSA) is 139 Å². The fourth-order valence-electron chi connectivity index (χ4n) is 1.90. The Kier molecular flexibility index (Phi) is 5.78. The second-order valence-corrected chi connectivity index (χ2v) is 5.65. The summed E-state index contributed by atoms with van der Waals surface area (Å²) in [6, 6.07) is -1.14. The van der Waals surface area contributed by atoms with Gasteiger partial charge >= 0.3 is 45.9 Å². The predicted molar refractivity (Wildman–Crippen MR) is 62.3 cm³/mol. The van der Waals surface area contributed by atoms with E-state index in [-0.39, 0.29) is 50.1 Å². The zero-order chi connectivity index (χ0) is 14.2. The molecule has 2 aliphatic rings. The van der Waals surface area contributed by atoms with Crippen molar-refractivity contribution in [1.29, 1.82) is 0 Å². The van der Waals surface area contributed by atoms with Gasteiger partial charge in [0.1, 0.15) is 12.8 Å². The fraction of sp³-hybridized carbons (Fsp3) is 0.750. The molecule has 0 saturated carbocycles. The minimum absolute atomic E-state index is 0. The van der Waals surface area contributed by atoms with Gasteiger partial charge < -0.3 is 22.1 Å². The summed E-state index contributed by atoms with van der Waals surface area (Å²) in [6.45, 7) is 0.504. The van der Waals surface area contributed by atoms with E-state index in [0.717, 1.165) is 0 Å². The van der Waals surface area contributed by atoms with Crippen molar-refractivity contribution in [3.63, 3.8) is 0 Å². The molecule has 10 nitrogen and oxygen atoms in total. The molecule has 2 fully saturated rings. The molecule has 0 bridgehead atoms. The third-order valence-electron chi connectivity index (χ3n) is 2.95. The molecular formula is C8H15N4NaO6S. The number of carbonyl (C=O) groups excluding carboxylic acids is 2. The first-order valence-electron chi connectivity index (χ1n) is 5.53. The Morgan fingerprint density at radius 3 is 2.65 bits per heavy atom. The van der Waals surface area contributed by atoms with Gasteiger partial charge in [-0.05, 0) is 0 Å². The zero-order valence-electron chi connectivity index (χ0n) is 11.8. The van der Waals surface area contributed by atoms with Crippen molar-refractivity contribution in [2.45, 2.75) is 12.3 Å². The van der Waals surface area contributed by atoms with Gasteiger partial charge in [0.25, 0.3) is 0 Å². The second kappa shape index (κ2) is 6.56. The van der Waals surface area contributed by atoms with Crippen LogP contribution in [0.4, 0.5) is 4.79 Å². The van der Waals surface area contributed by atoms with E-state index in [1.807, 2.05) is 0 Å². The van der Waals surface area contributed by atoms with Crippen LogP contribution in [0.25, 0.3) is 0 Å². The van der Waals surface area contributed by atoms with Crippen molar-refractivity contribution in [3.8, 4) is 0 Å². The Morgan fingerprint density at radius 1 is 1.55 bits per heavy atom. The van der Waals surface area contributed by atoms with E-state index in [1.165, 1.54) is 4.90 Å². The van der Waals surface area contributed by atoms with Crippen molar-refractivity contribution in [2.24, 2.45) is 0 Å². The summed E-state index contributed by atoms with van der Waals surface area (Å²) < 4.78 is 30.6. The molecule has 20 heavy (non-hydrogen) atoms. The number of nitrogens with zero attached hydrogens (tertiary/aromatic N) is 2. The number of aliphatic hydroxyl groups excluding tert-OH is 1. The summed E-state index contributed by atoms with van der Waals surface area (Å²) in [4.78, 5) is 24.1. The maximum atomic E-state index is 11.6. The number of aliphatic hydroxyl groups is 1. The number of hydrogen-bond acceptors (Lipinski definition) is 5. The average molecular weight is 318 g/mol. The minimum atomic E-state index is -4.46. The van der Waals surface area contributed by atoms with Crippen molar-refractivity contribution < 1.29 is 58.7 Å². The molecule has 2 unspecified atom stereocenters. The molecule has 110 valence electrons. The van der Waals surface area contributed by atoms with Crippen LogP contribution < -0.4 is 40.2 Å².